The van der Waals surface area contributed by atoms with E-state index in [1.54, 1.807) is 38.5 Å². The molecule has 2 rings (SSSR count). The van der Waals surface area contributed by atoms with Crippen molar-refractivity contribution in [3.63, 3.8) is 0 Å². The Balaban J connectivity index is 1.50. The summed E-state index contributed by atoms with van der Waals surface area (Å²) in [6.45, 7) is 0. The van der Waals surface area contributed by atoms with Crippen molar-refractivity contribution in [3.8, 4) is 0 Å². The molecule has 2 fully saturated rings. The molecule has 0 aromatic heterocycles. The minimum absolute atomic E-state index is 1.12. The van der Waals surface area contributed by atoms with Crippen molar-refractivity contribution in [2.75, 3.05) is 0 Å². The minimum atomic E-state index is 1.12. The predicted molar refractivity (Wildman–Crippen MR) is 57.8 cm³/mol. The maximum atomic E-state index is 1.55. The lowest BCUT2D eigenvalue weighted by molar-refractivity contribution is 0.264. The summed E-state index contributed by atoms with van der Waals surface area (Å²) in [7, 11) is 0. The summed E-state index contributed by atoms with van der Waals surface area (Å²) in [6.07, 6.45) is 16.9. The van der Waals surface area contributed by atoms with Crippen molar-refractivity contribution in [1.29, 1.82) is 0 Å². The van der Waals surface area contributed by atoms with Crippen LogP contribution in [0.5, 0.6) is 0 Å². The SMILES string of the molecule is C1CCC(CCCC2CCC2)CC1. The number of hydrogen-bond acceptors (Lipinski definition) is 0. The molecule has 0 heterocycles. The van der Waals surface area contributed by atoms with Gasteiger partial charge in [-0.15, -0.1) is 0 Å². The van der Waals surface area contributed by atoms with Crippen molar-refractivity contribution >= 4 is 0 Å². The first kappa shape index (κ1) is 9.55. The van der Waals surface area contributed by atoms with Crippen molar-refractivity contribution in [1.82, 2.24) is 0 Å². The normalized spacial score (nSPS) is 25.8. The van der Waals surface area contributed by atoms with Gasteiger partial charge in [-0.05, 0) is 11.8 Å². The fourth-order valence-corrected chi connectivity index (χ4v) is 2.95. The topological polar surface area (TPSA) is 0 Å². The predicted octanol–water partition coefficient (Wildman–Crippen LogP) is 4.54. The minimum Gasteiger partial charge on any atom is -0.0533 e. The molecule has 0 spiro atoms. The van der Waals surface area contributed by atoms with E-state index in [1.807, 2.05) is 0 Å². The van der Waals surface area contributed by atoms with E-state index in [0.717, 1.165) is 11.8 Å². The highest BCUT2D eigenvalue weighted by Crippen LogP contribution is 2.33. The van der Waals surface area contributed by atoms with Gasteiger partial charge in [-0.2, -0.15) is 0 Å². The van der Waals surface area contributed by atoms with E-state index in [-0.39, 0.29) is 0 Å². The molecule has 0 atom stereocenters. The Kier molecular flexibility index (Phi) is 3.69. The van der Waals surface area contributed by atoms with E-state index >= 15 is 0 Å². The third-order valence-corrected chi connectivity index (χ3v) is 4.17. The number of rotatable bonds is 4. The zero-order valence-corrected chi connectivity index (χ0v) is 8.93. The van der Waals surface area contributed by atoms with Crippen LogP contribution < -0.4 is 0 Å². The Morgan fingerprint density at radius 2 is 1.15 bits per heavy atom. The molecule has 0 heteroatoms. The quantitative estimate of drug-likeness (QED) is 0.596. The van der Waals surface area contributed by atoms with Crippen LogP contribution in [0.1, 0.15) is 70.6 Å². The van der Waals surface area contributed by atoms with E-state index in [0.29, 0.717) is 0 Å². The van der Waals surface area contributed by atoms with Crippen molar-refractivity contribution in [2.45, 2.75) is 70.6 Å². The molecule has 0 radical (unpaired) electrons. The van der Waals surface area contributed by atoms with Crippen LogP contribution in [0.3, 0.4) is 0 Å². The highest BCUT2D eigenvalue weighted by molar-refractivity contribution is 4.71. The van der Waals surface area contributed by atoms with Gasteiger partial charge in [0, 0.05) is 0 Å². The lowest BCUT2D eigenvalue weighted by Gasteiger charge is -2.27. The maximum Gasteiger partial charge on any atom is -0.0414 e. The van der Waals surface area contributed by atoms with Crippen LogP contribution in [-0.2, 0) is 0 Å². The first-order valence-electron chi connectivity index (χ1n) is 6.45. The molecule has 0 nitrogen and oxygen atoms in total. The first-order valence-corrected chi connectivity index (χ1v) is 6.45. The molecule has 0 unspecified atom stereocenters. The summed E-state index contributed by atoms with van der Waals surface area (Å²) < 4.78 is 0. The molecule has 0 bridgehead atoms. The molecule has 0 aliphatic heterocycles. The fraction of sp³-hybridized carbons (Fsp3) is 1.00. The lowest BCUT2D eigenvalue weighted by atomic mass is 9.79. The highest BCUT2D eigenvalue weighted by Gasteiger charge is 2.18. The Labute approximate surface area is 83.1 Å². The van der Waals surface area contributed by atoms with Gasteiger partial charge < -0.3 is 0 Å². The molecule has 2 saturated carbocycles. The van der Waals surface area contributed by atoms with Crippen LogP contribution in [-0.4, -0.2) is 0 Å². The molecule has 2 aliphatic rings. The van der Waals surface area contributed by atoms with Crippen molar-refractivity contribution < 1.29 is 0 Å². The second-order valence-electron chi connectivity index (χ2n) is 5.23. The Hall–Kier alpha value is 0. The summed E-state index contributed by atoms with van der Waals surface area (Å²) in [4.78, 5) is 0. The van der Waals surface area contributed by atoms with E-state index in [1.165, 1.54) is 32.1 Å². The zero-order chi connectivity index (χ0) is 8.93. The standard InChI is InChI=1S/C13H24/c1-2-6-12(7-3-1)8-4-9-13-10-5-11-13/h12-13H,1-11H2. The molecule has 0 aromatic rings. The highest BCUT2D eigenvalue weighted by atomic mass is 14.2. The molecule has 2 aliphatic carbocycles. The summed E-state index contributed by atoms with van der Waals surface area (Å²) in [5.41, 5.74) is 0. The largest absolute Gasteiger partial charge is 0.0533 e. The Morgan fingerprint density at radius 3 is 1.62 bits per heavy atom. The average Bonchev–Trinajstić information content (AvgIpc) is 2.11. The van der Waals surface area contributed by atoms with Gasteiger partial charge in [0.1, 0.15) is 0 Å². The third kappa shape index (κ3) is 3.00. The van der Waals surface area contributed by atoms with Gasteiger partial charge in [0.25, 0.3) is 0 Å². The molecule has 0 N–H and O–H groups in total. The second-order valence-corrected chi connectivity index (χ2v) is 5.23. The smallest absolute Gasteiger partial charge is 0.0414 e. The van der Waals surface area contributed by atoms with Crippen LogP contribution in [0.4, 0.5) is 0 Å². The zero-order valence-electron chi connectivity index (χ0n) is 8.93. The molecule has 13 heavy (non-hydrogen) atoms. The summed E-state index contributed by atoms with van der Waals surface area (Å²) >= 11 is 0. The van der Waals surface area contributed by atoms with Crippen LogP contribution >= 0.6 is 0 Å². The Bertz CT molecular complexity index is 129. The van der Waals surface area contributed by atoms with E-state index in [9.17, 15) is 0 Å². The van der Waals surface area contributed by atoms with Gasteiger partial charge >= 0.3 is 0 Å². The molecular formula is C13H24. The lowest BCUT2D eigenvalue weighted by Crippen LogP contribution is -2.12. The van der Waals surface area contributed by atoms with Crippen LogP contribution in [0, 0.1) is 11.8 Å². The van der Waals surface area contributed by atoms with Crippen molar-refractivity contribution in [3.05, 3.63) is 0 Å². The van der Waals surface area contributed by atoms with Crippen molar-refractivity contribution in [2.24, 2.45) is 11.8 Å². The summed E-state index contributed by atoms with van der Waals surface area (Å²) in [6, 6.07) is 0. The third-order valence-electron chi connectivity index (χ3n) is 4.17. The van der Waals surface area contributed by atoms with E-state index < -0.39 is 0 Å². The van der Waals surface area contributed by atoms with E-state index in [2.05, 4.69) is 0 Å². The second kappa shape index (κ2) is 5.02. The van der Waals surface area contributed by atoms with E-state index in [4.69, 9.17) is 0 Å². The average molecular weight is 180 g/mol. The summed E-state index contributed by atoms with van der Waals surface area (Å²) in [5, 5.41) is 0. The van der Waals surface area contributed by atoms with Gasteiger partial charge in [-0.1, -0.05) is 70.6 Å². The molecule has 0 aromatic carbocycles. The molecular weight excluding hydrogens is 156 g/mol. The monoisotopic (exact) mass is 180 g/mol. The van der Waals surface area contributed by atoms with Gasteiger partial charge in [0.05, 0.1) is 0 Å². The Morgan fingerprint density at radius 1 is 0.615 bits per heavy atom. The summed E-state index contributed by atoms with van der Waals surface area (Å²) in [5.74, 6) is 2.26. The maximum absolute atomic E-state index is 1.55. The van der Waals surface area contributed by atoms with Gasteiger partial charge in [0.15, 0.2) is 0 Å². The molecule has 76 valence electrons. The van der Waals surface area contributed by atoms with Gasteiger partial charge in [-0.25, -0.2) is 0 Å². The van der Waals surface area contributed by atoms with Gasteiger partial charge in [-0.3, -0.25) is 0 Å². The molecule has 0 amide bonds. The fourth-order valence-electron chi connectivity index (χ4n) is 2.95. The first-order chi connectivity index (χ1) is 6.45. The van der Waals surface area contributed by atoms with Gasteiger partial charge in [0.2, 0.25) is 0 Å². The molecule has 0 saturated heterocycles. The van der Waals surface area contributed by atoms with Crippen LogP contribution in [0.15, 0.2) is 0 Å². The number of hydrogen-bond donors (Lipinski definition) is 0. The van der Waals surface area contributed by atoms with Crippen LogP contribution in [0.25, 0.3) is 0 Å². The van der Waals surface area contributed by atoms with Crippen LogP contribution in [0.2, 0.25) is 0 Å².